The van der Waals surface area contributed by atoms with Crippen LogP contribution in [0.5, 0.6) is 0 Å². The minimum Gasteiger partial charge on any atom is -0.348 e. The van der Waals surface area contributed by atoms with Gasteiger partial charge in [0, 0.05) is 39.1 Å². The molecule has 168 valence electrons. The Balaban J connectivity index is 1.58. The molecule has 31 heavy (non-hydrogen) atoms. The zero-order valence-corrected chi connectivity index (χ0v) is 19.1. The average Bonchev–Trinajstić information content (AvgIpc) is 2.79. The monoisotopic (exact) mass is 444 g/mol. The molecular weight excluding hydrogens is 412 g/mol. The van der Waals surface area contributed by atoms with E-state index in [-0.39, 0.29) is 16.8 Å². The Morgan fingerprint density at radius 1 is 1.00 bits per heavy atom. The zero-order chi connectivity index (χ0) is 22.3. The maximum atomic E-state index is 12.7. The normalized spacial score (nSPS) is 16.7. The number of benzene rings is 2. The third-order valence-electron chi connectivity index (χ3n) is 5.72. The van der Waals surface area contributed by atoms with Crippen LogP contribution in [0, 0.1) is 0 Å². The molecule has 7 nitrogen and oxygen atoms in total. The first-order chi connectivity index (χ1) is 14.9. The van der Waals surface area contributed by atoms with Crippen LogP contribution in [0.3, 0.4) is 0 Å². The number of nitrogens with one attached hydrogen (secondary N) is 2. The molecule has 8 heteroatoms. The van der Waals surface area contributed by atoms with E-state index in [9.17, 15) is 13.2 Å². The van der Waals surface area contributed by atoms with Gasteiger partial charge in [-0.05, 0) is 43.8 Å². The number of hydrogen-bond acceptors (Lipinski definition) is 5. The predicted octanol–water partition coefficient (Wildman–Crippen LogP) is 1.63. The summed E-state index contributed by atoms with van der Waals surface area (Å²) < 4.78 is 26.0. The van der Waals surface area contributed by atoms with Crippen molar-refractivity contribution in [3.63, 3.8) is 0 Å². The Morgan fingerprint density at radius 2 is 1.65 bits per heavy atom. The molecule has 0 radical (unpaired) electrons. The van der Waals surface area contributed by atoms with Crippen LogP contribution in [0.15, 0.2) is 59.5 Å². The minimum atomic E-state index is -3.45. The maximum Gasteiger partial charge on any atom is 0.240 e. The molecule has 2 aromatic carbocycles. The summed E-state index contributed by atoms with van der Waals surface area (Å²) in [5.41, 5.74) is 2.04. The van der Waals surface area contributed by atoms with Gasteiger partial charge >= 0.3 is 0 Å². The van der Waals surface area contributed by atoms with Crippen LogP contribution in [0.4, 0.5) is 0 Å². The lowest BCUT2D eigenvalue weighted by atomic mass is 10.0. The van der Waals surface area contributed by atoms with E-state index in [0.717, 1.165) is 43.9 Å². The summed E-state index contributed by atoms with van der Waals surface area (Å²) in [6.45, 7) is 4.86. The largest absolute Gasteiger partial charge is 0.348 e. The van der Waals surface area contributed by atoms with E-state index >= 15 is 0 Å². The second-order valence-electron chi connectivity index (χ2n) is 7.99. The highest BCUT2D eigenvalue weighted by Crippen LogP contribution is 2.17. The summed E-state index contributed by atoms with van der Waals surface area (Å²) in [6.07, 6.45) is 0.909. The van der Waals surface area contributed by atoms with Gasteiger partial charge < -0.3 is 10.2 Å². The molecule has 1 aliphatic heterocycles. The lowest BCUT2D eigenvalue weighted by Crippen LogP contribution is -2.47. The third-order valence-corrected chi connectivity index (χ3v) is 7.15. The Hall–Kier alpha value is -2.26. The molecule has 1 saturated heterocycles. The molecule has 1 amide bonds. The van der Waals surface area contributed by atoms with Gasteiger partial charge in [-0.25, -0.2) is 13.1 Å². The van der Waals surface area contributed by atoms with Crippen LogP contribution in [0.2, 0.25) is 0 Å². The van der Waals surface area contributed by atoms with Crippen molar-refractivity contribution in [3.8, 4) is 0 Å². The molecule has 0 spiro atoms. The number of piperazine rings is 1. The van der Waals surface area contributed by atoms with Crippen molar-refractivity contribution in [1.82, 2.24) is 19.8 Å². The van der Waals surface area contributed by atoms with E-state index in [1.807, 2.05) is 18.2 Å². The number of hydrogen-bond donors (Lipinski definition) is 2. The fraction of sp³-hybridized carbons (Fsp3) is 0.435. The number of rotatable bonds is 9. The number of amides is 1. The van der Waals surface area contributed by atoms with Crippen LogP contribution in [0.25, 0.3) is 0 Å². The van der Waals surface area contributed by atoms with E-state index in [1.54, 1.807) is 24.3 Å². The summed E-state index contributed by atoms with van der Waals surface area (Å²) in [7, 11) is 0.0739. The number of sulfonamides is 1. The summed E-state index contributed by atoms with van der Waals surface area (Å²) in [5.74, 6) is -0.00472. The summed E-state index contributed by atoms with van der Waals surface area (Å²) in [6, 6.07) is 16.7. The van der Waals surface area contributed by atoms with E-state index in [1.165, 1.54) is 7.05 Å². The fourth-order valence-corrected chi connectivity index (χ4v) is 4.42. The summed E-state index contributed by atoms with van der Waals surface area (Å²) >= 11 is 0. The Kier molecular flexibility index (Phi) is 8.20. The average molecular weight is 445 g/mol. The number of likely N-dealkylation sites (N-methyl/N-ethyl adjacent to an activating group) is 1. The molecule has 2 aromatic rings. The van der Waals surface area contributed by atoms with E-state index < -0.39 is 10.0 Å². The van der Waals surface area contributed by atoms with Crippen molar-refractivity contribution in [2.75, 3.05) is 46.8 Å². The lowest BCUT2D eigenvalue weighted by molar-refractivity contribution is -0.122. The first-order valence-electron chi connectivity index (χ1n) is 10.6. The molecule has 0 aliphatic carbocycles. The highest BCUT2D eigenvalue weighted by atomic mass is 32.2. The van der Waals surface area contributed by atoms with Crippen molar-refractivity contribution in [2.45, 2.75) is 23.8 Å². The van der Waals surface area contributed by atoms with E-state index in [4.69, 9.17) is 0 Å². The van der Waals surface area contributed by atoms with Gasteiger partial charge in [-0.2, -0.15) is 0 Å². The first kappa shape index (κ1) is 23.4. The van der Waals surface area contributed by atoms with Gasteiger partial charge in [0.05, 0.1) is 10.9 Å². The Morgan fingerprint density at radius 3 is 2.26 bits per heavy atom. The highest BCUT2D eigenvalue weighted by Gasteiger charge is 2.21. The van der Waals surface area contributed by atoms with Gasteiger partial charge in [-0.1, -0.05) is 42.5 Å². The summed E-state index contributed by atoms with van der Waals surface area (Å²) in [4.78, 5) is 17.7. The van der Waals surface area contributed by atoms with Crippen molar-refractivity contribution in [1.29, 1.82) is 0 Å². The molecular formula is C23H32N4O3S. The first-order valence-corrected chi connectivity index (χ1v) is 12.1. The molecule has 1 fully saturated rings. The molecule has 1 aliphatic rings. The van der Waals surface area contributed by atoms with Crippen LogP contribution in [-0.4, -0.2) is 70.9 Å². The summed E-state index contributed by atoms with van der Waals surface area (Å²) in [5, 5.41) is 3.21. The van der Waals surface area contributed by atoms with Crippen molar-refractivity contribution in [3.05, 3.63) is 65.7 Å². The van der Waals surface area contributed by atoms with E-state index in [2.05, 4.69) is 39.0 Å². The van der Waals surface area contributed by atoms with Crippen LogP contribution in [-0.2, 0) is 21.2 Å². The third kappa shape index (κ3) is 6.87. The number of aryl methyl sites for hydroxylation is 1. The molecule has 1 unspecified atom stereocenters. The van der Waals surface area contributed by atoms with Gasteiger partial charge in [0.25, 0.3) is 0 Å². The highest BCUT2D eigenvalue weighted by molar-refractivity contribution is 7.89. The quantitative estimate of drug-likeness (QED) is 0.615. The van der Waals surface area contributed by atoms with Gasteiger partial charge in [0.1, 0.15) is 0 Å². The number of carbonyl (C=O) groups excluding carboxylic acids is 1. The van der Waals surface area contributed by atoms with Gasteiger partial charge in [-0.15, -0.1) is 0 Å². The van der Waals surface area contributed by atoms with Crippen LogP contribution >= 0.6 is 0 Å². The van der Waals surface area contributed by atoms with Crippen molar-refractivity contribution < 1.29 is 13.2 Å². The molecule has 1 heterocycles. The second kappa shape index (κ2) is 10.9. The standard InChI is InChI=1S/C23H32N4O3S/c1-24-31(29,30)21-11-8-19(9-12-21)10-13-23(28)25-22(20-6-4-3-5-7-20)18-27-16-14-26(2)15-17-27/h3-9,11-12,22,24H,10,13-18H2,1-2H3,(H,25,28). The van der Waals surface area contributed by atoms with Crippen LogP contribution in [0.1, 0.15) is 23.6 Å². The molecule has 0 saturated carbocycles. The van der Waals surface area contributed by atoms with E-state index in [0.29, 0.717) is 12.8 Å². The fourth-order valence-electron chi connectivity index (χ4n) is 3.69. The lowest BCUT2D eigenvalue weighted by Gasteiger charge is -2.35. The zero-order valence-electron chi connectivity index (χ0n) is 18.3. The molecule has 0 aromatic heterocycles. The van der Waals surface area contributed by atoms with Gasteiger partial charge in [0.15, 0.2) is 0 Å². The maximum absolute atomic E-state index is 12.7. The molecule has 2 N–H and O–H groups in total. The molecule has 0 bridgehead atoms. The van der Waals surface area contributed by atoms with Gasteiger partial charge in [-0.3, -0.25) is 9.69 Å². The topological polar surface area (TPSA) is 81.7 Å². The smallest absolute Gasteiger partial charge is 0.240 e. The second-order valence-corrected chi connectivity index (χ2v) is 9.87. The van der Waals surface area contributed by atoms with Crippen molar-refractivity contribution in [2.24, 2.45) is 0 Å². The Bertz CT molecular complexity index is 941. The number of nitrogens with zero attached hydrogens (tertiary/aromatic N) is 2. The molecule has 3 rings (SSSR count). The predicted molar refractivity (Wildman–Crippen MR) is 122 cm³/mol. The van der Waals surface area contributed by atoms with Crippen molar-refractivity contribution >= 4 is 15.9 Å². The number of carbonyl (C=O) groups is 1. The Labute approximate surface area is 185 Å². The van der Waals surface area contributed by atoms with Crippen LogP contribution < -0.4 is 10.0 Å². The van der Waals surface area contributed by atoms with Gasteiger partial charge in [0.2, 0.25) is 15.9 Å². The SMILES string of the molecule is CNS(=O)(=O)c1ccc(CCC(=O)NC(CN2CCN(C)CC2)c2ccccc2)cc1. The molecule has 1 atom stereocenters. The minimum absolute atomic E-state index is 0.00472.